The second-order valence-electron chi connectivity index (χ2n) is 3.64. The van der Waals surface area contributed by atoms with Gasteiger partial charge in [0.05, 0.1) is 0 Å². The number of ether oxygens (including phenoxy) is 1. The van der Waals surface area contributed by atoms with Crippen molar-refractivity contribution in [2.24, 2.45) is 0 Å². The largest absolute Gasteiger partial charge is 0.487 e. The average molecular weight is 205 g/mol. The van der Waals surface area contributed by atoms with Crippen molar-refractivity contribution in [3.63, 3.8) is 0 Å². The fourth-order valence-electron chi connectivity index (χ4n) is 1.29. The van der Waals surface area contributed by atoms with Gasteiger partial charge in [0.25, 0.3) is 0 Å². The Balaban J connectivity index is 2.78. The lowest BCUT2D eigenvalue weighted by Gasteiger charge is -2.14. The third-order valence-corrected chi connectivity index (χ3v) is 2.45. The van der Waals surface area contributed by atoms with Gasteiger partial charge in [-0.3, -0.25) is 0 Å². The van der Waals surface area contributed by atoms with E-state index in [1.165, 1.54) is 5.56 Å². The summed E-state index contributed by atoms with van der Waals surface area (Å²) in [7, 11) is 1.95. The number of hydrogen-bond acceptors (Lipinski definition) is 2. The summed E-state index contributed by atoms with van der Waals surface area (Å²) in [6.45, 7) is 7.79. The molecule has 0 saturated carbocycles. The minimum Gasteiger partial charge on any atom is -0.487 e. The maximum atomic E-state index is 5.65. The van der Waals surface area contributed by atoms with Crippen LogP contribution in [0.3, 0.4) is 0 Å². The van der Waals surface area contributed by atoms with E-state index in [1.807, 2.05) is 26.1 Å². The van der Waals surface area contributed by atoms with Crippen LogP contribution in [0, 0.1) is 0 Å². The van der Waals surface area contributed by atoms with Crippen LogP contribution in [0.5, 0.6) is 5.75 Å². The highest BCUT2D eigenvalue weighted by molar-refractivity contribution is 5.30. The highest BCUT2D eigenvalue weighted by Crippen LogP contribution is 2.19. The third kappa shape index (κ3) is 3.40. The van der Waals surface area contributed by atoms with E-state index in [-0.39, 0.29) is 6.10 Å². The maximum absolute atomic E-state index is 5.65. The van der Waals surface area contributed by atoms with Crippen LogP contribution in [0.4, 0.5) is 0 Å². The van der Waals surface area contributed by atoms with E-state index in [9.17, 15) is 0 Å². The molecule has 1 rings (SSSR count). The molecule has 0 amide bonds. The summed E-state index contributed by atoms with van der Waals surface area (Å²) in [6.07, 6.45) is 1.83. The van der Waals surface area contributed by atoms with Crippen LogP contribution in [0.15, 0.2) is 36.9 Å². The molecule has 2 unspecified atom stereocenters. The molecule has 2 heteroatoms. The normalized spacial score (nSPS) is 14.3. The fourth-order valence-corrected chi connectivity index (χ4v) is 1.29. The summed E-state index contributed by atoms with van der Waals surface area (Å²) in [5.41, 5.74) is 1.23. The minimum atomic E-state index is 0.0464. The van der Waals surface area contributed by atoms with E-state index in [4.69, 9.17) is 4.74 Å². The van der Waals surface area contributed by atoms with Crippen LogP contribution in [0.1, 0.15) is 25.5 Å². The van der Waals surface area contributed by atoms with Crippen molar-refractivity contribution >= 4 is 0 Å². The predicted molar refractivity (Wildman–Crippen MR) is 64.2 cm³/mol. The zero-order valence-corrected chi connectivity index (χ0v) is 9.66. The van der Waals surface area contributed by atoms with Gasteiger partial charge in [-0.25, -0.2) is 0 Å². The lowest BCUT2D eigenvalue weighted by Crippen LogP contribution is -2.13. The molecule has 0 aliphatic heterocycles. The zero-order chi connectivity index (χ0) is 11.3. The highest BCUT2D eigenvalue weighted by Gasteiger charge is 2.04. The van der Waals surface area contributed by atoms with Crippen molar-refractivity contribution in [3.05, 3.63) is 42.5 Å². The Hall–Kier alpha value is -1.28. The molecule has 15 heavy (non-hydrogen) atoms. The van der Waals surface area contributed by atoms with Gasteiger partial charge in [0.15, 0.2) is 0 Å². The second kappa shape index (κ2) is 5.56. The number of hydrogen-bond donors (Lipinski definition) is 1. The Kier molecular flexibility index (Phi) is 4.37. The Morgan fingerprint density at radius 1 is 1.40 bits per heavy atom. The molecule has 1 N–H and O–H groups in total. The molecule has 0 heterocycles. The van der Waals surface area contributed by atoms with Gasteiger partial charge in [-0.15, -0.1) is 0 Å². The first kappa shape index (κ1) is 11.8. The Morgan fingerprint density at radius 3 is 2.73 bits per heavy atom. The Bertz CT molecular complexity index is 322. The molecule has 1 aromatic rings. The summed E-state index contributed by atoms with van der Waals surface area (Å²) in [6, 6.07) is 8.46. The van der Waals surface area contributed by atoms with Crippen LogP contribution < -0.4 is 10.1 Å². The van der Waals surface area contributed by atoms with Crippen molar-refractivity contribution in [1.29, 1.82) is 0 Å². The first-order valence-corrected chi connectivity index (χ1v) is 5.23. The van der Waals surface area contributed by atoms with Crippen LogP contribution in [0.25, 0.3) is 0 Å². The Labute approximate surface area is 92.0 Å². The van der Waals surface area contributed by atoms with Crippen LogP contribution in [-0.4, -0.2) is 13.2 Å². The molecule has 2 atom stereocenters. The van der Waals surface area contributed by atoms with Crippen molar-refractivity contribution in [2.45, 2.75) is 26.0 Å². The molecule has 82 valence electrons. The molecule has 0 aliphatic rings. The molecule has 0 saturated heterocycles. The van der Waals surface area contributed by atoms with Gasteiger partial charge in [0.1, 0.15) is 11.9 Å². The monoisotopic (exact) mass is 205 g/mol. The van der Waals surface area contributed by atoms with Gasteiger partial charge in [0.2, 0.25) is 0 Å². The standard InChI is InChI=1S/C13H19NO/c1-5-10(2)15-13-8-6-7-12(9-13)11(3)14-4/h5-11,14H,1H2,2-4H3. The molecule has 0 radical (unpaired) electrons. The van der Waals surface area contributed by atoms with Gasteiger partial charge < -0.3 is 10.1 Å². The number of rotatable bonds is 5. The van der Waals surface area contributed by atoms with Gasteiger partial charge in [-0.1, -0.05) is 24.8 Å². The van der Waals surface area contributed by atoms with E-state index >= 15 is 0 Å². The van der Waals surface area contributed by atoms with Gasteiger partial charge in [-0.05, 0) is 38.6 Å². The second-order valence-corrected chi connectivity index (χ2v) is 3.64. The van der Waals surface area contributed by atoms with Crippen molar-refractivity contribution in [1.82, 2.24) is 5.32 Å². The van der Waals surface area contributed by atoms with E-state index in [0.717, 1.165) is 5.75 Å². The Morgan fingerprint density at radius 2 is 2.13 bits per heavy atom. The lowest BCUT2D eigenvalue weighted by molar-refractivity contribution is 0.270. The van der Waals surface area contributed by atoms with E-state index in [1.54, 1.807) is 6.08 Å². The first-order valence-electron chi connectivity index (χ1n) is 5.23. The van der Waals surface area contributed by atoms with E-state index < -0.39 is 0 Å². The SMILES string of the molecule is C=CC(C)Oc1cccc(C(C)NC)c1. The molecule has 0 bridgehead atoms. The van der Waals surface area contributed by atoms with Crippen LogP contribution >= 0.6 is 0 Å². The summed E-state index contributed by atoms with van der Waals surface area (Å²) < 4.78 is 5.65. The molecular weight excluding hydrogens is 186 g/mol. The summed E-state index contributed by atoms with van der Waals surface area (Å²) in [5.74, 6) is 0.891. The molecule has 2 nitrogen and oxygen atoms in total. The molecule has 0 aliphatic carbocycles. The summed E-state index contributed by atoms with van der Waals surface area (Å²) in [5, 5.41) is 3.20. The molecular formula is C13H19NO. The summed E-state index contributed by atoms with van der Waals surface area (Å²) in [4.78, 5) is 0. The topological polar surface area (TPSA) is 21.3 Å². The molecule has 0 fully saturated rings. The molecule has 0 spiro atoms. The average Bonchev–Trinajstić information content (AvgIpc) is 2.28. The van der Waals surface area contributed by atoms with Crippen molar-refractivity contribution in [3.8, 4) is 5.75 Å². The van der Waals surface area contributed by atoms with Crippen molar-refractivity contribution in [2.75, 3.05) is 7.05 Å². The molecule has 0 aromatic heterocycles. The van der Waals surface area contributed by atoms with Gasteiger partial charge in [0, 0.05) is 6.04 Å². The highest BCUT2D eigenvalue weighted by atomic mass is 16.5. The summed E-state index contributed by atoms with van der Waals surface area (Å²) >= 11 is 0. The smallest absolute Gasteiger partial charge is 0.120 e. The molecule has 1 aromatic carbocycles. The maximum Gasteiger partial charge on any atom is 0.120 e. The van der Waals surface area contributed by atoms with E-state index in [2.05, 4.69) is 31.0 Å². The lowest BCUT2D eigenvalue weighted by atomic mass is 10.1. The number of nitrogens with one attached hydrogen (secondary N) is 1. The quantitative estimate of drug-likeness (QED) is 0.746. The van der Waals surface area contributed by atoms with Gasteiger partial charge in [-0.2, -0.15) is 0 Å². The van der Waals surface area contributed by atoms with Crippen LogP contribution in [-0.2, 0) is 0 Å². The van der Waals surface area contributed by atoms with Crippen LogP contribution in [0.2, 0.25) is 0 Å². The predicted octanol–water partition coefficient (Wildman–Crippen LogP) is 2.92. The first-order chi connectivity index (χ1) is 7.17. The fraction of sp³-hybridized carbons (Fsp3) is 0.385. The number of benzene rings is 1. The third-order valence-electron chi connectivity index (χ3n) is 2.45. The van der Waals surface area contributed by atoms with E-state index in [0.29, 0.717) is 6.04 Å². The zero-order valence-electron chi connectivity index (χ0n) is 9.66. The van der Waals surface area contributed by atoms with Crippen molar-refractivity contribution < 1.29 is 4.74 Å². The minimum absolute atomic E-state index is 0.0464. The van der Waals surface area contributed by atoms with Gasteiger partial charge >= 0.3 is 0 Å².